The highest BCUT2D eigenvalue weighted by atomic mass is 32.2. The number of nitrogens with two attached hydrogens (primary N) is 2. The van der Waals surface area contributed by atoms with E-state index in [1.807, 2.05) is 0 Å². The van der Waals surface area contributed by atoms with Crippen LogP contribution in [0.3, 0.4) is 0 Å². The van der Waals surface area contributed by atoms with Gasteiger partial charge >= 0.3 is 0 Å². The van der Waals surface area contributed by atoms with Crippen LogP contribution >= 0.6 is 0 Å². The zero-order valence-corrected chi connectivity index (χ0v) is 7.08. The molecule has 68 valence electrons. The van der Waals surface area contributed by atoms with Crippen molar-refractivity contribution >= 4 is 10.1 Å². The fourth-order valence-electron chi connectivity index (χ4n) is 0.974. The average Bonchev–Trinajstić information content (AvgIpc) is 1.92. The van der Waals surface area contributed by atoms with Crippen molar-refractivity contribution in [3.63, 3.8) is 0 Å². The van der Waals surface area contributed by atoms with Crippen LogP contribution in [0.5, 0.6) is 0 Å². The van der Waals surface area contributed by atoms with Crippen molar-refractivity contribution in [3.8, 4) is 0 Å². The lowest BCUT2D eigenvalue weighted by atomic mass is 10.1. The molecule has 0 aliphatic heterocycles. The number of hydrogen-bond donors (Lipinski definition) is 3. The largest absolute Gasteiger partial charge is 0.398 e. The van der Waals surface area contributed by atoms with Gasteiger partial charge in [-0.3, -0.25) is 4.55 Å². The Morgan fingerprint density at radius 1 is 1.58 bits per heavy atom. The molecule has 1 unspecified atom stereocenters. The van der Waals surface area contributed by atoms with Crippen molar-refractivity contribution < 1.29 is 13.0 Å². The maximum atomic E-state index is 10.7. The summed E-state index contributed by atoms with van der Waals surface area (Å²) in [6.45, 7) is 0. The van der Waals surface area contributed by atoms with Crippen LogP contribution in [0.4, 0.5) is 0 Å². The molecule has 5 N–H and O–H groups in total. The van der Waals surface area contributed by atoms with Gasteiger partial charge < -0.3 is 11.5 Å². The quantitative estimate of drug-likeness (QED) is 0.475. The van der Waals surface area contributed by atoms with Crippen molar-refractivity contribution in [3.05, 3.63) is 22.8 Å². The van der Waals surface area contributed by atoms with E-state index in [2.05, 4.69) is 0 Å². The first kappa shape index (κ1) is 9.24. The van der Waals surface area contributed by atoms with Gasteiger partial charge in [0.25, 0.3) is 10.1 Å². The van der Waals surface area contributed by atoms with E-state index >= 15 is 0 Å². The van der Waals surface area contributed by atoms with Crippen LogP contribution in [0.2, 0.25) is 0 Å². The molecule has 12 heavy (non-hydrogen) atoms. The Morgan fingerprint density at radius 2 is 2.17 bits per heavy atom. The third kappa shape index (κ3) is 1.84. The summed E-state index contributed by atoms with van der Waals surface area (Å²) in [6.07, 6.45) is 3.03. The van der Waals surface area contributed by atoms with E-state index in [0.29, 0.717) is 0 Å². The first-order valence-electron chi connectivity index (χ1n) is 3.31. The fraction of sp³-hybridized carbons (Fsp3) is 0.333. The Hall–Kier alpha value is -0.850. The zero-order valence-electron chi connectivity index (χ0n) is 6.27. The van der Waals surface area contributed by atoms with Crippen LogP contribution in [0.15, 0.2) is 22.8 Å². The molecule has 5 nitrogen and oxygen atoms in total. The summed E-state index contributed by atoms with van der Waals surface area (Å²) in [5.74, 6) is 0. The topological polar surface area (TPSA) is 106 Å². The highest BCUT2D eigenvalue weighted by Gasteiger charge is 2.21. The summed E-state index contributed by atoms with van der Waals surface area (Å²) in [5, 5.41) is 0. The lowest BCUT2D eigenvalue weighted by molar-refractivity contribution is 0.487. The van der Waals surface area contributed by atoms with E-state index in [0.717, 1.165) is 0 Å². The van der Waals surface area contributed by atoms with Crippen molar-refractivity contribution in [1.82, 2.24) is 0 Å². The van der Waals surface area contributed by atoms with E-state index in [4.69, 9.17) is 16.0 Å². The molecule has 1 aliphatic carbocycles. The monoisotopic (exact) mass is 190 g/mol. The summed E-state index contributed by atoms with van der Waals surface area (Å²) >= 11 is 0. The van der Waals surface area contributed by atoms with Crippen molar-refractivity contribution in [2.75, 3.05) is 0 Å². The van der Waals surface area contributed by atoms with Gasteiger partial charge in [0.1, 0.15) is 0 Å². The highest BCUT2D eigenvalue weighted by Crippen LogP contribution is 2.19. The highest BCUT2D eigenvalue weighted by molar-refractivity contribution is 7.89. The molecule has 1 aliphatic rings. The van der Waals surface area contributed by atoms with Gasteiger partial charge in [0.15, 0.2) is 0 Å². The second kappa shape index (κ2) is 2.89. The summed E-state index contributed by atoms with van der Waals surface area (Å²) in [4.78, 5) is -0.197. The Morgan fingerprint density at radius 3 is 2.58 bits per heavy atom. The van der Waals surface area contributed by atoms with Gasteiger partial charge in [-0.1, -0.05) is 6.08 Å². The van der Waals surface area contributed by atoms with Crippen molar-refractivity contribution in [2.45, 2.75) is 12.5 Å². The van der Waals surface area contributed by atoms with Gasteiger partial charge in [-0.05, 0) is 6.08 Å². The van der Waals surface area contributed by atoms with Crippen LogP contribution in [-0.2, 0) is 10.1 Å². The van der Waals surface area contributed by atoms with E-state index in [-0.39, 0.29) is 17.0 Å². The van der Waals surface area contributed by atoms with Crippen LogP contribution < -0.4 is 11.5 Å². The zero-order chi connectivity index (χ0) is 9.35. The molecule has 0 bridgehead atoms. The summed E-state index contributed by atoms with van der Waals surface area (Å²) in [7, 11) is -4.18. The molecule has 1 rings (SSSR count). The van der Waals surface area contributed by atoms with Gasteiger partial charge in [0, 0.05) is 18.2 Å². The SMILES string of the molecule is NC1=C(S(=O)(=O)O)CC(N)C=C1. The second-order valence-corrected chi connectivity index (χ2v) is 4.02. The third-order valence-electron chi connectivity index (χ3n) is 1.58. The first-order valence-corrected chi connectivity index (χ1v) is 4.75. The number of hydrogen-bond acceptors (Lipinski definition) is 4. The van der Waals surface area contributed by atoms with E-state index in [1.54, 1.807) is 6.08 Å². The molecular formula is C6H10N2O3S. The minimum Gasteiger partial charge on any atom is -0.398 e. The van der Waals surface area contributed by atoms with Crippen LogP contribution in [0, 0.1) is 0 Å². The van der Waals surface area contributed by atoms with Gasteiger partial charge in [-0.2, -0.15) is 8.42 Å². The van der Waals surface area contributed by atoms with E-state index in [9.17, 15) is 8.42 Å². The van der Waals surface area contributed by atoms with Gasteiger partial charge in [-0.25, -0.2) is 0 Å². The molecule has 0 heterocycles. The van der Waals surface area contributed by atoms with Crippen molar-refractivity contribution in [1.29, 1.82) is 0 Å². The molecule has 0 aromatic carbocycles. The fourth-order valence-corrected chi connectivity index (χ4v) is 1.74. The smallest absolute Gasteiger partial charge is 0.292 e. The number of rotatable bonds is 1. The molecule has 0 aromatic rings. The van der Waals surface area contributed by atoms with Gasteiger partial charge in [0.2, 0.25) is 0 Å². The Bertz CT molecular complexity index is 342. The molecule has 0 radical (unpaired) electrons. The molecular weight excluding hydrogens is 180 g/mol. The molecule has 0 saturated carbocycles. The maximum absolute atomic E-state index is 10.7. The second-order valence-electron chi connectivity index (χ2n) is 2.58. The third-order valence-corrected chi connectivity index (χ3v) is 2.60. The molecule has 1 atom stereocenters. The summed E-state index contributed by atoms with van der Waals surface area (Å²) in [5.41, 5.74) is 10.8. The van der Waals surface area contributed by atoms with E-state index < -0.39 is 16.2 Å². The normalized spacial score (nSPS) is 24.7. The first-order chi connectivity index (χ1) is 5.41. The van der Waals surface area contributed by atoms with Crippen LogP contribution in [-0.4, -0.2) is 19.0 Å². The van der Waals surface area contributed by atoms with E-state index in [1.165, 1.54) is 6.08 Å². The van der Waals surface area contributed by atoms with Crippen LogP contribution in [0.25, 0.3) is 0 Å². The average molecular weight is 190 g/mol. The molecule has 0 saturated heterocycles. The summed E-state index contributed by atoms with van der Waals surface area (Å²) in [6, 6.07) is -0.394. The lowest BCUT2D eigenvalue weighted by Gasteiger charge is -2.14. The van der Waals surface area contributed by atoms with Crippen molar-refractivity contribution in [2.24, 2.45) is 11.5 Å². The Kier molecular flexibility index (Phi) is 2.22. The molecule has 6 heteroatoms. The summed E-state index contributed by atoms with van der Waals surface area (Å²) < 4.78 is 30.0. The molecule has 0 amide bonds. The standard InChI is InChI=1S/C6H10N2O3S/c7-4-1-2-5(8)6(3-4)12(9,10)11/h1-2,4H,3,7-8H2,(H,9,10,11). The van der Waals surface area contributed by atoms with Gasteiger partial charge in [0.05, 0.1) is 4.91 Å². The molecule has 0 spiro atoms. The minimum atomic E-state index is -4.18. The Labute approximate surface area is 70.5 Å². The number of allylic oxidation sites excluding steroid dienone is 1. The molecule has 0 aromatic heterocycles. The van der Waals surface area contributed by atoms with Crippen LogP contribution in [0.1, 0.15) is 6.42 Å². The molecule has 0 fully saturated rings. The van der Waals surface area contributed by atoms with Gasteiger partial charge in [-0.15, -0.1) is 0 Å². The Balaban J connectivity index is 3.11. The maximum Gasteiger partial charge on any atom is 0.292 e. The predicted octanol–water partition coefficient (Wildman–Crippen LogP) is -0.668. The predicted molar refractivity (Wildman–Crippen MR) is 44.5 cm³/mol. The lowest BCUT2D eigenvalue weighted by Crippen LogP contribution is -2.25. The minimum absolute atomic E-state index is 0.0548.